The molecule has 39 heavy (non-hydrogen) atoms. The van der Waals surface area contributed by atoms with Gasteiger partial charge in [0.15, 0.2) is 0 Å². The minimum Gasteiger partial charge on any atom is -0.540 e. The zero-order valence-corrected chi connectivity index (χ0v) is 25.2. The largest absolute Gasteiger partial charge is 0.540 e. The summed E-state index contributed by atoms with van der Waals surface area (Å²) in [6.07, 6.45) is 22.8. The van der Waals surface area contributed by atoms with Gasteiger partial charge in [0.1, 0.15) is 11.5 Å². The van der Waals surface area contributed by atoms with E-state index in [1.165, 1.54) is 96.3 Å². The summed E-state index contributed by atoms with van der Waals surface area (Å²) in [6, 6.07) is 22.3. The van der Waals surface area contributed by atoms with Gasteiger partial charge in [0.05, 0.1) is 5.56 Å². The van der Waals surface area contributed by atoms with Crippen LogP contribution in [0.4, 0.5) is 0 Å². The van der Waals surface area contributed by atoms with Crippen LogP contribution in [-0.4, -0.2) is 15.6 Å². The normalized spacial score (nSPS) is 11.1. The van der Waals surface area contributed by atoms with E-state index in [0.717, 1.165) is 46.4 Å². The van der Waals surface area contributed by atoms with Crippen molar-refractivity contribution in [3.05, 3.63) is 72.3 Å². The predicted molar refractivity (Wildman–Crippen MR) is 169 cm³/mol. The van der Waals surface area contributed by atoms with E-state index in [1.807, 2.05) is 48.5 Å². The Bertz CT molecular complexity index is 1050. The van der Waals surface area contributed by atoms with Crippen LogP contribution in [-0.2, 0) is 6.42 Å². The number of hydrogen-bond donors (Lipinski definition) is 1. The highest BCUT2D eigenvalue weighted by molar-refractivity contribution is 6.02. The molecule has 3 radical (unpaired) electrons. The van der Waals surface area contributed by atoms with Gasteiger partial charge in [-0.3, -0.25) is 0 Å². The summed E-state index contributed by atoms with van der Waals surface area (Å²) in [6.45, 7) is 2.29. The lowest BCUT2D eigenvalue weighted by molar-refractivity contribution is 0.475. The number of phenols is 1. The van der Waals surface area contributed by atoms with Crippen molar-refractivity contribution in [3.63, 3.8) is 0 Å². The van der Waals surface area contributed by atoms with E-state index in [1.54, 1.807) is 0 Å². The molecule has 0 aliphatic heterocycles. The highest BCUT2D eigenvalue weighted by atomic mass is 28.2. The molecule has 3 aromatic rings. The van der Waals surface area contributed by atoms with Gasteiger partial charge in [-0.2, -0.15) is 0 Å². The van der Waals surface area contributed by atoms with E-state index in [2.05, 4.69) is 35.6 Å². The highest BCUT2D eigenvalue weighted by Crippen LogP contribution is 2.46. The zero-order valence-electron chi connectivity index (χ0n) is 24.2. The maximum Gasteiger partial charge on any atom is 0.341 e. The first kappa shape index (κ1) is 31.0. The standard InChI is InChI=1S/C36H49O2Si/c1-2-3-4-5-6-7-8-9-10-11-12-13-14-15-16-19-28-32-29-33(30-24-20-17-21-25-30)35(37)34(36(32)38-39)31-26-22-18-23-27-31/h17-18,20-27,29,37H,2-16,19,28H2,1H3. The molecule has 3 aromatic carbocycles. The number of benzene rings is 3. The van der Waals surface area contributed by atoms with Crippen LogP contribution in [0.1, 0.15) is 115 Å². The Kier molecular flexibility index (Phi) is 14.9. The molecule has 3 rings (SSSR count). The molecule has 0 aliphatic carbocycles. The number of hydrogen-bond acceptors (Lipinski definition) is 2. The molecule has 1 N–H and O–H groups in total. The molecule has 0 fully saturated rings. The van der Waals surface area contributed by atoms with Crippen LogP contribution in [0, 0.1) is 0 Å². The Morgan fingerprint density at radius 1 is 0.590 bits per heavy atom. The van der Waals surface area contributed by atoms with Crippen LogP contribution in [0.3, 0.4) is 0 Å². The lowest BCUT2D eigenvalue weighted by Crippen LogP contribution is -1.99. The number of phenolic OH excluding ortho intramolecular Hbond substituents is 1. The fourth-order valence-corrected chi connectivity index (χ4v) is 5.82. The summed E-state index contributed by atoms with van der Waals surface area (Å²) in [4.78, 5) is 0. The molecular formula is C36H49O2Si. The van der Waals surface area contributed by atoms with Crippen molar-refractivity contribution >= 4 is 10.5 Å². The van der Waals surface area contributed by atoms with Crippen molar-refractivity contribution in [1.29, 1.82) is 0 Å². The molecular weight excluding hydrogens is 492 g/mol. The third-order valence-electron chi connectivity index (χ3n) is 7.88. The zero-order chi connectivity index (χ0) is 27.5. The van der Waals surface area contributed by atoms with Crippen molar-refractivity contribution in [2.45, 2.75) is 116 Å². The molecule has 3 heteroatoms. The fourth-order valence-electron chi connectivity index (χ4n) is 5.59. The maximum absolute atomic E-state index is 11.3. The molecule has 2 nitrogen and oxygen atoms in total. The van der Waals surface area contributed by atoms with Gasteiger partial charge in [-0.25, -0.2) is 0 Å². The molecule has 0 saturated heterocycles. The lowest BCUT2D eigenvalue weighted by atomic mass is 9.91. The van der Waals surface area contributed by atoms with E-state index in [9.17, 15) is 5.11 Å². The van der Waals surface area contributed by atoms with Crippen molar-refractivity contribution < 1.29 is 9.53 Å². The maximum atomic E-state index is 11.3. The van der Waals surface area contributed by atoms with Gasteiger partial charge in [0.25, 0.3) is 0 Å². The average molecular weight is 542 g/mol. The summed E-state index contributed by atoms with van der Waals surface area (Å²) >= 11 is 0. The monoisotopic (exact) mass is 541 g/mol. The smallest absolute Gasteiger partial charge is 0.341 e. The molecule has 0 aromatic heterocycles. The number of rotatable bonds is 20. The Balaban J connectivity index is 1.44. The first-order valence-corrected chi connectivity index (χ1v) is 16.0. The minimum atomic E-state index is 0.261. The van der Waals surface area contributed by atoms with Gasteiger partial charge in [-0.1, -0.05) is 164 Å². The first-order chi connectivity index (χ1) is 19.3. The molecule has 0 spiro atoms. The molecule has 0 unspecified atom stereocenters. The van der Waals surface area contributed by atoms with Gasteiger partial charge >= 0.3 is 10.5 Å². The Morgan fingerprint density at radius 3 is 1.49 bits per heavy atom. The molecule has 0 bridgehead atoms. The number of aryl methyl sites for hydroxylation is 1. The summed E-state index contributed by atoms with van der Waals surface area (Å²) in [5.74, 6) is 0.979. The molecule has 0 aliphatic rings. The third kappa shape index (κ3) is 10.5. The Labute approximate surface area is 241 Å². The SMILES string of the molecule is CCCCCCCCCCCCCCCCCCc1cc(-c2ccccc2)c(O)c(-c2ccccc2)c1O[Si]. The van der Waals surface area contributed by atoms with E-state index in [4.69, 9.17) is 4.43 Å². The van der Waals surface area contributed by atoms with Crippen molar-refractivity contribution in [2.24, 2.45) is 0 Å². The van der Waals surface area contributed by atoms with Gasteiger partial charge in [-0.15, -0.1) is 0 Å². The average Bonchev–Trinajstić information content (AvgIpc) is 2.98. The number of aromatic hydroxyl groups is 1. The fraction of sp³-hybridized carbons (Fsp3) is 0.500. The molecule has 0 amide bonds. The topological polar surface area (TPSA) is 29.5 Å². The van der Waals surface area contributed by atoms with Crippen LogP contribution in [0.2, 0.25) is 0 Å². The Morgan fingerprint density at radius 2 is 1.03 bits per heavy atom. The minimum absolute atomic E-state index is 0.261. The summed E-state index contributed by atoms with van der Waals surface area (Å²) in [7, 11) is 3.31. The van der Waals surface area contributed by atoms with E-state index in [-0.39, 0.29) is 5.75 Å². The van der Waals surface area contributed by atoms with Crippen molar-refractivity contribution in [2.75, 3.05) is 0 Å². The van der Waals surface area contributed by atoms with Gasteiger partial charge in [0, 0.05) is 5.56 Å². The van der Waals surface area contributed by atoms with E-state index in [0.29, 0.717) is 0 Å². The van der Waals surface area contributed by atoms with Crippen molar-refractivity contribution in [1.82, 2.24) is 0 Å². The van der Waals surface area contributed by atoms with E-state index < -0.39 is 0 Å². The third-order valence-corrected chi connectivity index (χ3v) is 8.08. The second kappa shape index (κ2) is 18.7. The van der Waals surface area contributed by atoms with Crippen LogP contribution in [0.15, 0.2) is 66.7 Å². The van der Waals surface area contributed by atoms with E-state index >= 15 is 0 Å². The first-order valence-electron chi connectivity index (χ1n) is 15.6. The van der Waals surface area contributed by atoms with Crippen LogP contribution in [0.25, 0.3) is 22.3 Å². The van der Waals surface area contributed by atoms with Crippen LogP contribution < -0.4 is 4.43 Å². The quantitative estimate of drug-likeness (QED) is 0.114. The van der Waals surface area contributed by atoms with Crippen LogP contribution in [0.5, 0.6) is 11.5 Å². The summed E-state index contributed by atoms with van der Waals surface area (Å²) < 4.78 is 5.73. The lowest BCUT2D eigenvalue weighted by Gasteiger charge is -2.19. The van der Waals surface area contributed by atoms with Gasteiger partial charge < -0.3 is 9.53 Å². The predicted octanol–water partition coefficient (Wildman–Crippen LogP) is 11.0. The Hall–Kier alpha value is -2.52. The van der Waals surface area contributed by atoms with Gasteiger partial charge in [0.2, 0.25) is 0 Å². The number of unbranched alkanes of at least 4 members (excludes halogenated alkanes) is 15. The highest BCUT2D eigenvalue weighted by Gasteiger charge is 2.20. The van der Waals surface area contributed by atoms with Crippen LogP contribution >= 0.6 is 0 Å². The molecule has 0 heterocycles. The van der Waals surface area contributed by atoms with Gasteiger partial charge in [-0.05, 0) is 35.6 Å². The molecule has 0 saturated carbocycles. The summed E-state index contributed by atoms with van der Waals surface area (Å²) in [5, 5.41) is 11.3. The second-order valence-electron chi connectivity index (χ2n) is 11.0. The second-order valence-corrected chi connectivity index (χ2v) is 11.2. The molecule has 209 valence electrons. The summed E-state index contributed by atoms with van der Waals surface area (Å²) in [5.41, 5.74) is 4.70. The van der Waals surface area contributed by atoms with Crippen molar-refractivity contribution in [3.8, 4) is 33.8 Å². The molecule has 0 atom stereocenters.